The van der Waals surface area contributed by atoms with E-state index in [-0.39, 0.29) is 17.9 Å². The van der Waals surface area contributed by atoms with Crippen LogP contribution in [0.1, 0.15) is 30.0 Å². The second-order valence-corrected chi connectivity index (χ2v) is 5.92. The predicted octanol–water partition coefficient (Wildman–Crippen LogP) is 5.14. The second-order valence-electron chi connectivity index (χ2n) is 5.05. The normalized spacial score (nSPS) is 13.2. The standard InChI is InChI=1S/C18H17Cl2NO/c1-3-17(14-5-4-6-16(20)11-14)18(21-12(2)22)13-7-9-15(19)10-8-13/h3-11,17-18H,1H2,2H3,(H,21,22). The molecular weight excluding hydrogens is 317 g/mol. The number of rotatable bonds is 5. The topological polar surface area (TPSA) is 29.1 Å². The molecule has 4 heteroatoms. The third kappa shape index (κ3) is 4.12. The number of amides is 1. The van der Waals surface area contributed by atoms with Crippen LogP contribution in [-0.2, 0) is 4.79 Å². The molecule has 0 aliphatic carbocycles. The molecule has 0 aromatic heterocycles. The first-order valence-electron chi connectivity index (χ1n) is 6.92. The Morgan fingerprint density at radius 2 is 1.77 bits per heavy atom. The van der Waals surface area contributed by atoms with Crippen LogP contribution in [0.4, 0.5) is 0 Å². The molecule has 0 aliphatic rings. The number of hydrogen-bond donors (Lipinski definition) is 1. The van der Waals surface area contributed by atoms with E-state index in [1.54, 1.807) is 0 Å². The van der Waals surface area contributed by atoms with E-state index in [0.29, 0.717) is 10.0 Å². The highest BCUT2D eigenvalue weighted by Gasteiger charge is 2.23. The number of nitrogens with one attached hydrogen (secondary N) is 1. The fourth-order valence-electron chi connectivity index (χ4n) is 2.45. The van der Waals surface area contributed by atoms with Crippen molar-refractivity contribution in [1.82, 2.24) is 5.32 Å². The van der Waals surface area contributed by atoms with E-state index in [1.165, 1.54) is 6.92 Å². The van der Waals surface area contributed by atoms with Gasteiger partial charge in [0.25, 0.3) is 0 Å². The van der Waals surface area contributed by atoms with Crippen molar-refractivity contribution in [3.8, 4) is 0 Å². The quantitative estimate of drug-likeness (QED) is 0.754. The summed E-state index contributed by atoms with van der Waals surface area (Å²) < 4.78 is 0. The summed E-state index contributed by atoms with van der Waals surface area (Å²) in [6, 6.07) is 14.8. The lowest BCUT2D eigenvalue weighted by atomic mass is 9.87. The summed E-state index contributed by atoms with van der Waals surface area (Å²) in [7, 11) is 0. The minimum absolute atomic E-state index is 0.0937. The summed E-state index contributed by atoms with van der Waals surface area (Å²) in [5.41, 5.74) is 1.96. The molecule has 1 amide bonds. The van der Waals surface area contributed by atoms with Gasteiger partial charge < -0.3 is 5.32 Å². The Morgan fingerprint density at radius 3 is 2.32 bits per heavy atom. The summed E-state index contributed by atoms with van der Waals surface area (Å²) in [4.78, 5) is 11.6. The van der Waals surface area contributed by atoms with E-state index in [0.717, 1.165) is 11.1 Å². The molecule has 2 rings (SSSR count). The Labute approximate surface area is 140 Å². The minimum Gasteiger partial charge on any atom is -0.349 e. The zero-order valence-electron chi connectivity index (χ0n) is 12.2. The number of carbonyl (C=O) groups excluding carboxylic acids is 1. The van der Waals surface area contributed by atoms with Crippen LogP contribution in [0.2, 0.25) is 10.0 Å². The van der Waals surface area contributed by atoms with Crippen molar-refractivity contribution in [2.75, 3.05) is 0 Å². The van der Waals surface area contributed by atoms with Crippen LogP contribution in [0, 0.1) is 0 Å². The fourth-order valence-corrected chi connectivity index (χ4v) is 2.77. The van der Waals surface area contributed by atoms with Gasteiger partial charge in [-0.3, -0.25) is 4.79 Å². The molecule has 1 N–H and O–H groups in total. The van der Waals surface area contributed by atoms with Crippen LogP contribution in [0.15, 0.2) is 61.2 Å². The first-order chi connectivity index (χ1) is 10.5. The molecule has 0 bridgehead atoms. The molecule has 0 radical (unpaired) electrons. The van der Waals surface area contributed by atoms with Crippen molar-refractivity contribution in [2.45, 2.75) is 18.9 Å². The summed E-state index contributed by atoms with van der Waals surface area (Å²) in [6.07, 6.45) is 1.82. The molecule has 0 fully saturated rings. The molecule has 2 atom stereocenters. The maximum Gasteiger partial charge on any atom is 0.217 e. The van der Waals surface area contributed by atoms with Crippen molar-refractivity contribution in [3.63, 3.8) is 0 Å². The number of benzene rings is 2. The molecule has 0 spiro atoms. The zero-order valence-corrected chi connectivity index (χ0v) is 13.7. The van der Waals surface area contributed by atoms with Gasteiger partial charge in [-0.05, 0) is 35.4 Å². The third-order valence-electron chi connectivity index (χ3n) is 3.43. The Kier molecular flexibility index (Phi) is 5.64. The molecule has 2 nitrogen and oxygen atoms in total. The van der Waals surface area contributed by atoms with E-state index in [2.05, 4.69) is 11.9 Å². The van der Waals surface area contributed by atoms with Crippen LogP contribution < -0.4 is 5.32 Å². The fraction of sp³-hybridized carbons (Fsp3) is 0.167. The Morgan fingerprint density at radius 1 is 1.09 bits per heavy atom. The number of halogens is 2. The van der Waals surface area contributed by atoms with Crippen molar-refractivity contribution in [1.29, 1.82) is 0 Å². The van der Waals surface area contributed by atoms with Gasteiger partial charge in [-0.15, -0.1) is 6.58 Å². The van der Waals surface area contributed by atoms with E-state index < -0.39 is 0 Å². The summed E-state index contributed by atoms with van der Waals surface area (Å²) in [5, 5.41) is 4.30. The first-order valence-corrected chi connectivity index (χ1v) is 7.67. The van der Waals surface area contributed by atoms with Crippen LogP contribution >= 0.6 is 23.2 Å². The van der Waals surface area contributed by atoms with Gasteiger partial charge in [-0.2, -0.15) is 0 Å². The molecule has 114 valence electrons. The molecule has 22 heavy (non-hydrogen) atoms. The van der Waals surface area contributed by atoms with Gasteiger partial charge in [0.1, 0.15) is 0 Å². The van der Waals surface area contributed by atoms with Crippen molar-refractivity contribution < 1.29 is 4.79 Å². The lowest BCUT2D eigenvalue weighted by molar-refractivity contribution is -0.119. The Hall–Kier alpha value is -1.77. The predicted molar refractivity (Wildman–Crippen MR) is 92.4 cm³/mol. The molecule has 2 aromatic carbocycles. The molecule has 0 aliphatic heterocycles. The van der Waals surface area contributed by atoms with Crippen LogP contribution in [0.25, 0.3) is 0 Å². The van der Waals surface area contributed by atoms with Gasteiger partial charge in [0.15, 0.2) is 0 Å². The summed E-state index contributed by atoms with van der Waals surface area (Å²) >= 11 is 12.0. The number of carbonyl (C=O) groups is 1. The largest absolute Gasteiger partial charge is 0.349 e. The van der Waals surface area contributed by atoms with Gasteiger partial charge in [0.05, 0.1) is 6.04 Å². The average molecular weight is 334 g/mol. The van der Waals surface area contributed by atoms with E-state index in [9.17, 15) is 4.79 Å². The first kappa shape index (κ1) is 16.6. The van der Waals surface area contributed by atoms with Gasteiger partial charge in [-0.25, -0.2) is 0 Å². The monoisotopic (exact) mass is 333 g/mol. The summed E-state index contributed by atoms with van der Waals surface area (Å²) in [6.45, 7) is 5.42. The van der Waals surface area contributed by atoms with Gasteiger partial charge in [0.2, 0.25) is 5.91 Å². The van der Waals surface area contributed by atoms with Crippen molar-refractivity contribution in [3.05, 3.63) is 82.4 Å². The van der Waals surface area contributed by atoms with E-state index in [4.69, 9.17) is 23.2 Å². The Balaban J connectivity index is 2.43. The van der Waals surface area contributed by atoms with Crippen LogP contribution in [0.3, 0.4) is 0 Å². The van der Waals surface area contributed by atoms with Gasteiger partial charge >= 0.3 is 0 Å². The van der Waals surface area contributed by atoms with Gasteiger partial charge in [0, 0.05) is 22.9 Å². The van der Waals surface area contributed by atoms with E-state index >= 15 is 0 Å². The molecule has 0 heterocycles. The zero-order chi connectivity index (χ0) is 16.1. The Bertz CT molecular complexity index is 667. The van der Waals surface area contributed by atoms with Crippen LogP contribution in [-0.4, -0.2) is 5.91 Å². The molecular formula is C18H17Cl2NO. The third-order valence-corrected chi connectivity index (χ3v) is 3.92. The lowest BCUT2D eigenvalue weighted by Crippen LogP contribution is -2.30. The average Bonchev–Trinajstić information content (AvgIpc) is 2.47. The minimum atomic E-state index is -0.231. The van der Waals surface area contributed by atoms with Gasteiger partial charge in [-0.1, -0.05) is 53.5 Å². The number of hydrogen-bond acceptors (Lipinski definition) is 1. The highest BCUT2D eigenvalue weighted by molar-refractivity contribution is 6.30. The second kappa shape index (κ2) is 7.48. The van der Waals surface area contributed by atoms with Crippen molar-refractivity contribution >= 4 is 29.1 Å². The smallest absolute Gasteiger partial charge is 0.217 e. The maximum atomic E-state index is 11.6. The highest BCUT2D eigenvalue weighted by atomic mass is 35.5. The van der Waals surface area contributed by atoms with E-state index in [1.807, 2.05) is 54.6 Å². The molecule has 0 saturated heterocycles. The molecule has 2 unspecified atom stereocenters. The maximum absolute atomic E-state index is 11.6. The van der Waals surface area contributed by atoms with Crippen molar-refractivity contribution in [2.24, 2.45) is 0 Å². The SMILES string of the molecule is C=CC(c1cccc(Cl)c1)C(NC(C)=O)c1ccc(Cl)cc1. The lowest BCUT2D eigenvalue weighted by Gasteiger charge is -2.26. The highest BCUT2D eigenvalue weighted by Crippen LogP contribution is 2.33. The summed E-state index contributed by atoms with van der Waals surface area (Å²) in [5.74, 6) is -0.197. The molecule has 0 saturated carbocycles. The molecule has 2 aromatic rings. The van der Waals surface area contributed by atoms with Crippen LogP contribution in [0.5, 0.6) is 0 Å².